The second kappa shape index (κ2) is 7.00. The van der Waals surface area contributed by atoms with Crippen molar-refractivity contribution in [1.29, 1.82) is 0 Å². The standard InChI is InChI=1S/C21H16BrClN2O2/c22-16-6-10-19(11-7-16)25-20(26)24(18-12-8-17(23)9-13-18)14-21(25,27)15-4-2-1-3-5-15/h1-13,27H,14H2. The van der Waals surface area contributed by atoms with E-state index in [1.54, 1.807) is 41.3 Å². The number of amides is 2. The minimum Gasteiger partial charge on any atom is -0.365 e. The Hall–Kier alpha value is -2.34. The first kappa shape index (κ1) is 18.0. The lowest BCUT2D eigenvalue weighted by Crippen LogP contribution is -2.44. The quantitative estimate of drug-likeness (QED) is 0.589. The molecular formula is C21H16BrClN2O2. The third-order valence-electron chi connectivity index (χ3n) is 4.63. The fourth-order valence-corrected chi connectivity index (χ4v) is 3.69. The Kier molecular flexibility index (Phi) is 4.68. The van der Waals surface area contributed by atoms with Crippen molar-refractivity contribution in [3.8, 4) is 0 Å². The van der Waals surface area contributed by atoms with Gasteiger partial charge in [-0.25, -0.2) is 4.79 Å². The van der Waals surface area contributed by atoms with Crippen molar-refractivity contribution in [2.75, 3.05) is 16.3 Å². The summed E-state index contributed by atoms with van der Waals surface area (Å²) in [6, 6.07) is 23.2. The lowest BCUT2D eigenvalue weighted by Gasteiger charge is -2.32. The molecule has 0 aromatic heterocycles. The zero-order valence-corrected chi connectivity index (χ0v) is 16.6. The first-order valence-electron chi connectivity index (χ1n) is 8.40. The fourth-order valence-electron chi connectivity index (χ4n) is 3.30. The van der Waals surface area contributed by atoms with Crippen LogP contribution in [0.25, 0.3) is 0 Å². The molecule has 1 atom stereocenters. The van der Waals surface area contributed by atoms with Gasteiger partial charge in [-0.15, -0.1) is 0 Å². The monoisotopic (exact) mass is 442 g/mol. The Morgan fingerprint density at radius 1 is 0.889 bits per heavy atom. The van der Waals surface area contributed by atoms with Gasteiger partial charge in [-0.1, -0.05) is 57.9 Å². The number of β-amino-alcohol motifs (C(OH)–C–C–N with tert-alkyl or cyclic N) is 1. The van der Waals surface area contributed by atoms with E-state index in [1.807, 2.05) is 42.5 Å². The highest BCUT2D eigenvalue weighted by Crippen LogP contribution is 2.40. The van der Waals surface area contributed by atoms with Crippen LogP contribution in [0.3, 0.4) is 0 Å². The lowest BCUT2D eigenvalue weighted by atomic mass is 10.0. The smallest absolute Gasteiger partial charge is 0.331 e. The molecule has 1 fully saturated rings. The highest BCUT2D eigenvalue weighted by atomic mass is 79.9. The van der Waals surface area contributed by atoms with E-state index < -0.39 is 5.72 Å². The molecular weight excluding hydrogens is 428 g/mol. The maximum Gasteiger partial charge on any atom is 0.331 e. The molecule has 1 saturated heterocycles. The van der Waals surface area contributed by atoms with Gasteiger partial charge in [0.15, 0.2) is 5.72 Å². The molecule has 1 aliphatic rings. The number of benzene rings is 3. The molecule has 3 aromatic rings. The Morgan fingerprint density at radius 3 is 2.11 bits per heavy atom. The van der Waals surface area contributed by atoms with E-state index in [-0.39, 0.29) is 12.6 Å². The summed E-state index contributed by atoms with van der Waals surface area (Å²) in [6.07, 6.45) is 0. The van der Waals surface area contributed by atoms with Crippen LogP contribution >= 0.6 is 27.5 Å². The van der Waals surface area contributed by atoms with Gasteiger partial charge in [-0.05, 0) is 48.5 Å². The molecule has 136 valence electrons. The molecule has 6 heteroatoms. The summed E-state index contributed by atoms with van der Waals surface area (Å²) in [7, 11) is 0. The number of nitrogens with zero attached hydrogens (tertiary/aromatic N) is 2. The Labute approximate surface area is 170 Å². The van der Waals surface area contributed by atoms with Crippen LogP contribution in [0.2, 0.25) is 5.02 Å². The summed E-state index contributed by atoms with van der Waals surface area (Å²) in [5, 5.41) is 12.2. The van der Waals surface area contributed by atoms with E-state index in [0.29, 0.717) is 22.0 Å². The maximum absolute atomic E-state index is 13.3. The second-order valence-electron chi connectivity index (χ2n) is 6.34. The largest absolute Gasteiger partial charge is 0.365 e. The van der Waals surface area contributed by atoms with Gasteiger partial charge in [0.2, 0.25) is 0 Å². The number of urea groups is 1. The van der Waals surface area contributed by atoms with Crippen molar-refractivity contribution in [3.05, 3.63) is 93.9 Å². The molecule has 0 aliphatic carbocycles. The summed E-state index contributed by atoms with van der Waals surface area (Å²) < 4.78 is 0.899. The Morgan fingerprint density at radius 2 is 1.48 bits per heavy atom. The van der Waals surface area contributed by atoms with Crippen LogP contribution in [0.4, 0.5) is 16.2 Å². The van der Waals surface area contributed by atoms with Crippen LogP contribution in [0, 0.1) is 0 Å². The second-order valence-corrected chi connectivity index (χ2v) is 7.69. The zero-order valence-electron chi connectivity index (χ0n) is 14.2. The molecule has 3 aromatic carbocycles. The lowest BCUT2D eigenvalue weighted by molar-refractivity contribution is 0.0655. The van der Waals surface area contributed by atoms with Crippen molar-refractivity contribution < 1.29 is 9.90 Å². The number of halogens is 2. The van der Waals surface area contributed by atoms with Gasteiger partial charge in [0.25, 0.3) is 0 Å². The third-order valence-corrected chi connectivity index (χ3v) is 5.41. The van der Waals surface area contributed by atoms with Gasteiger partial charge in [-0.3, -0.25) is 9.80 Å². The van der Waals surface area contributed by atoms with E-state index in [1.165, 1.54) is 4.90 Å². The molecule has 0 spiro atoms. The Bertz CT molecular complexity index is 964. The van der Waals surface area contributed by atoms with Crippen LogP contribution in [0.15, 0.2) is 83.3 Å². The highest BCUT2D eigenvalue weighted by molar-refractivity contribution is 9.10. The van der Waals surface area contributed by atoms with Crippen LogP contribution in [-0.4, -0.2) is 17.7 Å². The molecule has 2 amide bonds. The van der Waals surface area contributed by atoms with Crippen molar-refractivity contribution in [1.82, 2.24) is 0 Å². The number of aliphatic hydroxyl groups is 1. The third kappa shape index (κ3) is 3.23. The molecule has 1 heterocycles. The van der Waals surface area contributed by atoms with Crippen molar-refractivity contribution in [3.63, 3.8) is 0 Å². The zero-order chi connectivity index (χ0) is 19.0. The number of carbonyl (C=O) groups is 1. The summed E-state index contributed by atoms with van der Waals surface area (Å²) >= 11 is 9.39. The number of anilines is 2. The van der Waals surface area contributed by atoms with Crippen molar-refractivity contribution in [2.24, 2.45) is 0 Å². The summed E-state index contributed by atoms with van der Waals surface area (Å²) in [4.78, 5) is 16.3. The number of rotatable bonds is 3. The van der Waals surface area contributed by atoms with E-state index in [9.17, 15) is 9.90 Å². The molecule has 1 unspecified atom stereocenters. The summed E-state index contributed by atoms with van der Waals surface area (Å²) in [5.74, 6) is 0. The predicted molar refractivity (Wildman–Crippen MR) is 111 cm³/mol. The van der Waals surface area contributed by atoms with E-state index in [0.717, 1.165) is 4.47 Å². The number of carbonyl (C=O) groups excluding carboxylic acids is 1. The van der Waals surface area contributed by atoms with Crippen LogP contribution in [-0.2, 0) is 5.72 Å². The SMILES string of the molecule is O=C1N(c2ccc(Cl)cc2)CC(O)(c2ccccc2)N1c1ccc(Br)cc1. The average Bonchev–Trinajstić information content (AvgIpc) is 2.96. The van der Waals surface area contributed by atoms with Crippen molar-refractivity contribution in [2.45, 2.75) is 5.72 Å². The molecule has 27 heavy (non-hydrogen) atoms. The van der Waals surface area contributed by atoms with E-state index >= 15 is 0 Å². The molecule has 1 aliphatic heterocycles. The summed E-state index contributed by atoms with van der Waals surface area (Å²) in [6.45, 7) is 0.105. The predicted octanol–water partition coefficient (Wildman–Crippen LogP) is 5.39. The number of hydrogen-bond acceptors (Lipinski definition) is 2. The van der Waals surface area contributed by atoms with E-state index in [4.69, 9.17) is 11.6 Å². The fraction of sp³-hybridized carbons (Fsp3) is 0.0952. The van der Waals surface area contributed by atoms with Crippen LogP contribution in [0.5, 0.6) is 0 Å². The highest BCUT2D eigenvalue weighted by Gasteiger charge is 2.51. The minimum absolute atomic E-state index is 0.105. The van der Waals surface area contributed by atoms with Gasteiger partial charge < -0.3 is 5.11 Å². The van der Waals surface area contributed by atoms with Gasteiger partial charge >= 0.3 is 6.03 Å². The van der Waals surface area contributed by atoms with Crippen molar-refractivity contribution >= 4 is 44.9 Å². The molecule has 1 N–H and O–H groups in total. The molecule has 0 radical (unpaired) electrons. The molecule has 4 rings (SSSR count). The van der Waals surface area contributed by atoms with Gasteiger partial charge in [-0.2, -0.15) is 0 Å². The normalized spacial score (nSPS) is 19.6. The van der Waals surface area contributed by atoms with E-state index in [2.05, 4.69) is 15.9 Å². The molecule has 0 bridgehead atoms. The maximum atomic E-state index is 13.3. The first-order valence-corrected chi connectivity index (χ1v) is 9.57. The van der Waals surface area contributed by atoms with Gasteiger partial charge in [0.1, 0.15) is 0 Å². The number of hydrogen-bond donors (Lipinski definition) is 1. The summed E-state index contributed by atoms with van der Waals surface area (Å²) in [5.41, 5.74) is 0.452. The Balaban J connectivity index is 1.83. The van der Waals surface area contributed by atoms with Gasteiger partial charge in [0.05, 0.1) is 6.54 Å². The van der Waals surface area contributed by atoms with Crippen LogP contribution in [0.1, 0.15) is 5.56 Å². The molecule has 4 nitrogen and oxygen atoms in total. The topological polar surface area (TPSA) is 43.8 Å². The molecule has 0 saturated carbocycles. The first-order chi connectivity index (χ1) is 13.0. The average molecular weight is 444 g/mol. The van der Waals surface area contributed by atoms with Gasteiger partial charge in [0, 0.05) is 26.4 Å². The van der Waals surface area contributed by atoms with Crippen LogP contribution < -0.4 is 9.80 Å². The minimum atomic E-state index is -1.49.